The Labute approximate surface area is 626 Å². The van der Waals surface area contributed by atoms with Gasteiger partial charge in [0.2, 0.25) is 0 Å². The Balaban J connectivity index is 0.646. The van der Waals surface area contributed by atoms with Crippen molar-refractivity contribution in [1.82, 2.24) is 28.7 Å². The molecule has 0 spiro atoms. The molecule has 0 N–H and O–H groups in total. The molecule has 4 heterocycles. The van der Waals surface area contributed by atoms with Crippen LogP contribution in [-0.2, 0) is 16.2 Å². The van der Waals surface area contributed by atoms with Crippen molar-refractivity contribution in [3.8, 4) is 118 Å². The number of hydrogen-bond acceptors (Lipinski definition) is 3. The van der Waals surface area contributed by atoms with Crippen molar-refractivity contribution >= 4 is 65.4 Å². The van der Waals surface area contributed by atoms with E-state index in [9.17, 15) is 0 Å². The van der Waals surface area contributed by atoms with Crippen LogP contribution in [0.1, 0.15) is 74.9 Å². The molecule has 0 unspecified atom stereocenters. The van der Waals surface area contributed by atoms with Crippen LogP contribution in [0.2, 0.25) is 0 Å². The van der Waals surface area contributed by atoms with Gasteiger partial charge in [-0.25, -0.2) is 15.0 Å². The van der Waals surface area contributed by atoms with Crippen LogP contribution in [0.15, 0.2) is 328 Å². The molecule has 0 atom stereocenters. The lowest BCUT2D eigenvalue weighted by atomic mass is 9.81. The molecule has 0 saturated heterocycles. The molecule has 6 heteroatoms. The van der Waals surface area contributed by atoms with Gasteiger partial charge in [-0.2, -0.15) is 0 Å². The first-order valence-electron chi connectivity index (χ1n) is 37.7. The number of aromatic nitrogens is 6. The fourth-order valence-electron chi connectivity index (χ4n) is 19.0. The average Bonchev–Trinajstić information content (AvgIpc) is 1.58. The third kappa shape index (κ3) is 9.10. The van der Waals surface area contributed by atoms with Gasteiger partial charge in [0.25, 0.3) is 0 Å². The van der Waals surface area contributed by atoms with Crippen LogP contribution < -0.4 is 0 Å². The summed E-state index contributed by atoms with van der Waals surface area (Å²) in [5.74, 6) is 1.75. The monoisotopic (exact) mass is 1380 g/mol. The molecule has 19 aromatic rings. The van der Waals surface area contributed by atoms with E-state index in [1.54, 1.807) is 0 Å². The van der Waals surface area contributed by atoms with Crippen molar-refractivity contribution in [3.63, 3.8) is 0 Å². The Bertz CT molecular complexity index is 6780. The molecule has 4 aromatic heterocycles. The average molecular weight is 1380 g/mol. The summed E-state index contributed by atoms with van der Waals surface area (Å²) >= 11 is 0. The Morgan fingerprint density at radius 3 is 0.833 bits per heavy atom. The maximum absolute atomic E-state index is 5.46. The number of hydrogen-bond donors (Lipinski definition) is 0. The zero-order valence-corrected chi connectivity index (χ0v) is 60.9. The summed E-state index contributed by atoms with van der Waals surface area (Å²) in [5, 5.41) is 7.22. The van der Waals surface area contributed by atoms with Gasteiger partial charge in [0.15, 0.2) is 17.5 Å². The van der Waals surface area contributed by atoms with E-state index in [2.05, 4.69) is 383 Å². The second-order valence-corrected chi connectivity index (χ2v) is 31.5. The molecule has 3 aliphatic carbocycles. The summed E-state index contributed by atoms with van der Waals surface area (Å²) in [6.45, 7) is 14.1. The van der Waals surface area contributed by atoms with Gasteiger partial charge < -0.3 is 13.7 Å². The Hall–Kier alpha value is -13.3. The van der Waals surface area contributed by atoms with Crippen molar-refractivity contribution in [3.05, 3.63) is 361 Å². The maximum atomic E-state index is 5.46. The van der Waals surface area contributed by atoms with E-state index in [4.69, 9.17) is 15.0 Å². The van der Waals surface area contributed by atoms with Crippen molar-refractivity contribution in [2.45, 2.75) is 57.8 Å². The van der Waals surface area contributed by atoms with Gasteiger partial charge in [0, 0.05) is 82.3 Å². The van der Waals surface area contributed by atoms with Gasteiger partial charge in [-0.1, -0.05) is 236 Å². The first-order chi connectivity index (χ1) is 52.8. The minimum Gasteiger partial charge on any atom is -0.309 e. The molecule has 22 rings (SSSR count). The maximum Gasteiger partial charge on any atom is 0.164 e. The van der Waals surface area contributed by atoms with E-state index in [0.29, 0.717) is 17.5 Å². The fourth-order valence-corrected chi connectivity index (χ4v) is 19.0. The molecule has 0 amide bonds. The lowest BCUT2D eigenvalue weighted by molar-refractivity contribution is 0.660. The number of rotatable bonds is 9. The van der Waals surface area contributed by atoms with E-state index >= 15 is 0 Å². The van der Waals surface area contributed by atoms with E-state index in [1.807, 2.05) is 0 Å². The van der Waals surface area contributed by atoms with Crippen LogP contribution in [0.4, 0.5) is 0 Å². The summed E-state index contributed by atoms with van der Waals surface area (Å²) in [6, 6.07) is 121. The first-order valence-corrected chi connectivity index (χ1v) is 37.7. The van der Waals surface area contributed by atoms with Crippen molar-refractivity contribution in [2.24, 2.45) is 0 Å². The van der Waals surface area contributed by atoms with Crippen LogP contribution in [0.3, 0.4) is 0 Å². The zero-order valence-electron chi connectivity index (χ0n) is 60.9. The predicted octanol–water partition coefficient (Wildman–Crippen LogP) is 26.1. The number of fused-ring (bicyclic) bond motifs is 18. The molecule has 0 bridgehead atoms. The second kappa shape index (κ2) is 22.9. The van der Waals surface area contributed by atoms with E-state index in [0.717, 1.165) is 66.9 Å². The zero-order chi connectivity index (χ0) is 72.1. The van der Waals surface area contributed by atoms with Crippen LogP contribution in [-0.4, -0.2) is 28.7 Å². The van der Waals surface area contributed by atoms with Crippen molar-refractivity contribution in [1.29, 1.82) is 0 Å². The van der Waals surface area contributed by atoms with Crippen molar-refractivity contribution in [2.75, 3.05) is 0 Å². The number of para-hydroxylation sites is 3. The third-order valence-electron chi connectivity index (χ3n) is 24.5. The normalized spacial score (nSPS) is 14.1. The van der Waals surface area contributed by atoms with Crippen molar-refractivity contribution < 1.29 is 0 Å². The minimum atomic E-state index is -0.0991. The Kier molecular flexibility index (Phi) is 13.1. The highest BCUT2D eigenvalue weighted by atomic mass is 15.0. The predicted molar refractivity (Wildman–Crippen MR) is 448 cm³/mol. The summed E-state index contributed by atoms with van der Waals surface area (Å²) in [7, 11) is 0. The molecule has 6 nitrogen and oxygen atoms in total. The lowest BCUT2D eigenvalue weighted by Gasteiger charge is -2.22. The topological polar surface area (TPSA) is 53.5 Å². The van der Waals surface area contributed by atoms with Crippen LogP contribution >= 0.6 is 0 Å². The SMILES string of the molecule is CC1(C)c2ccccc2-c2ccc(-c3ccc4c(c3)c3ccccc3n4-c3ccc(-c4nc(-c5ccc(-n6c7ccccc7c7cc(-c8ccc9c(c8)C(C)(C)c8ccccc8-9)ccc76)cc5)nc(-c5cccc(-n6c7ccccc7c7cc(-c8ccc9c(c8)C(C)(C)c8ccccc8-9)ccc76)c5)n4)cc3)cc21. The summed E-state index contributed by atoms with van der Waals surface area (Å²) in [4.78, 5) is 16.3. The Morgan fingerprint density at radius 2 is 0.463 bits per heavy atom. The summed E-state index contributed by atoms with van der Waals surface area (Å²) in [6.07, 6.45) is 0. The Morgan fingerprint density at radius 1 is 0.185 bits per heavy atom. The molecule has 0 saturated carbocycles. The minimum absolute atomic E-state index is 0.0907. The molecule has 3 aliphatic rings. The quantitative estimate of drug-likeness (QED) is 0.145. The van der Waals surface area contributed by atoms with Gasteiger partial charge in [0.1, 0.15) is 0 Å². The van der Waals surface area contributed by atoms with Crippen LogP contribution in [0, 0.1) is 0 Å². The molecule has 0 fully saturated rings. The molecule has 0 aliphatic heterocycles. The van der Waals surface area contributed by atoms with Gasteiger partial charge in [-0.05, 0) is 234 Å². The van der Waals surface area contributed by atoms with E-state index in [-0.39, 0.29) is 16.2 Å². The molecule has 0 radical (unpaired) electrons. The molecular weight excluding hydrogens is 1310 g/mol. The largest absolute Gasteiger partial charge is 0.309 e. The summed E-state index contributed by atoms with van der Waals surface area (Å²) in [5.41, 5.74) is 35.8. The molecule has 15 aromatic carbocycles. The van der Waals surface area contributed by atoms with E-state index in [1.165, 1.54) is 132 Å². The highest BCUT2D eigenvalue weighted by Crippen LogP contribution is 2.54. The molecular formula is C102H72N6. The van der Waals surface area contributed by atoms with Gasteiger partial charge >= 0.3 is 0 Å². The molecule has 108 heavy (non-hydrogen) atoms. The van der Waals surface area contributed by atoms with Gasteiger partial charge in [-0.3, -0.25) is 0 Å². The van der Waals surface area contributed by atoms with Gasteiger partial charge in [-0.15, -0.1) is 0 Å². The number of benzene rings is 15. The smallest absolute Gasteiger partial charge is 0.164 e. The highest BCUT2D eigenvalue weighted by molar-refractivity contribution is 6.13. The fraction of sp³-hybridized carbons (Fsp3) is 0.0882. The summed E-state index contributed by atoms with van der Waals surface area (Å²) < 4.78 is 7.18. The first kappa shape index (κ1) is 62.1. The highest BCUT2D eigenvalue weighted by Gasteiger charge is 2.38. The second-order valence-electron chi connectivity index (χ2n) is 31.5. The third-order valence-corrected chi connectivity index (χ3v) is 24.5. The van der Waals surface area contributed by atoms with Crippen LogP contribution in [0.5, 0.6) is 0 Å². The lowest BCUT2D eigenvalue weighted by Crippen LogP contribution is -2.14. The number of nitrogens with zero attached hydrogens (tertiary/aromatic N) is 6. The standard InChI is InChI=1S/C102H72N6/c1-100(2)85-28-13-7-22-73(85)76-48-38-66(58-88(76)100)63-41-51-94-82(55-63)79-25-10-16-31-91(79)106(94)70-44-34-61(35-45-70)97-103-98(62-36-46-71(47-37-62)107-92-32-17-11-26-80(92)83-56-64(42-52-95(83)107)67-39-49-77-74-23-8-14-29-86(74)101(3,4)89(77)59-67)105-99(104-97)69-20-19-21-72(54-69)108-93-33-18-12-27-81(93)84-57-65(43-53-96(84)108)68-40-50-78-75-24-9-15-30-87(75)102(5,6)90(78)60-68/h7-60H,1-6H3. The van der Waals surface area contributed by atoms with Gasteiger partial charge in [0.05, 0.1) is 33.1 Å². The van der Waals surface area contributed by atoms with Crippen LogP contribution in [0.25, 0.3) is 183 Å². The van der Waals surface area contributed by atoms with E-state index < -0.39 is 0 Å². The molecule has 510 valence electrons.